The molecule has 1 fully saturated rings. The highest BCUT2D eigenvalue weighted by molar-refractivity contribution is 5.75. The number of hydrogen-bond donors (Lipinski definition) is 2. The van der Waals surface area contributed by atoms with Crippen LogP contribution in [-0.2, 0) is 4.79 Å². The van der Waals surface area contributed by atoms with Gasteiger partial charge in [0.25, 0.3) is 0 Å². The molecule has 0 radical (unpaired) electrons. The lowest BCUT2D eigenvalue weighted by atomic mass is 9.77. The molecule has 2 N–H and O–H groups in total. The number of para-hydroxylation sites is 1. The molecule has 140 valence electrons. The van der Waals surface area contributed by atoms with Crippen LogP contribution in [0.4, 0.5) is 13.2 Å². The SMILES string of the molecule is O=C(CCCOc1ccccc1)NC[C@@]1(O)CCC[C@H](C(F)(F)F)C1. The Kier molecular flexibility index (Phi) is 6.70. The highest BCUT2D eigenvalue weighted by atomic mass is 19.4. The molecule has 2 atom stereocenters. The fraction of sp³-hybridized carbons (Fsp3) is 0.611. The van der Waals surface area contributed by atoms with Gasteiger partial charge in [-0.15, -0.1) is 0 Å². The molecule has 1 aromatic carbocycles. The number of aliphatic hydroxyl groups is 1. The zero-order valence-corrected chi connectivity index (χ0v) is 14.0. The van der Waals surface area contributed by atoms with Gasteiger partial charge in [-0.25, -0.2) is 0 Å². The van der Waals surface area contributed by atoms with E-state index in [2.05, 4.69) is 5.32 Å². The maximum Gasteiger partial charge on any atom is 0.391 e. The molecule has 25 heavy (non-hydrogen) atoms. The van der Waals surface area contributed by atoms with Gasteiger partial charge in [0, 0.05) is 13.0 Å². The lowest BCUT2D eigenvalue weighted by Crippen LogP contribution is -2.48. The second kappa shape index (κ2) is 8.56. The highest BCUT2D eigenvalue weighted by Gasteiger charge is 2.46. The van der Waals surface area contributed by atoms with Crippen molar-refractivity contribution in [3.05, 3.63) is 30.3 Å². The maximum absolute atomic E-state index is 12.8. The number of carbonyl (C=O) groups is 1. The van der Waals surface area contributed by atoms with Gasteiger partial charge < -0.3 is 15.2 Å². The summed E-state index contributed by atoms with van der Waals surface area (Å²) in [4.78, 5) is 11.8. The molecule has 1 amide bonds. The van der Waals surface area contributed by atoms with Crippen LogP contribution in [0.25, 0.3) is 0 Å². The lowest BCUT2D eigenvalue weighted by molar-refractivity contribution is -0.199. The number of benzene rings is 1. The Hall–Kier alpha value is -1.76. The number of amides is 1. The molecule has 0 unspecified atom stereocenters. The summed E-state index contributed by atoms with van der Waals surface area (Å²) < 4.78 is 43.9. The van der Waals surface area contributed by atoms with Crippen LogP contribution in [0.2, 0.25) is 0 Å². The second-order valence-electron chi connectivity index (χ2n) is 6.60. The van der Waals surface area contributed by atoms with E-state index in [1.54, 1.807) is 0 Å². The van der Waals surface area contributed by atoms with Gasteiger partial charge >= 0.3 is 6.18 Å². The van der Waals surface area contributed by atoms with E-state index >= 15 is 0 Å². The minimum atomic E-state index is -4.30. The smallest absolute Gasteiger partial charge is 0.391 e. The summed E-state index contributed by atoms with van der Waals surface area (Å²) in [7, 11) is 0. The van der Waals surface area contributed by atoms with Gasteiger partial charge in [0.05, 0.1) is 18.1 Å². The van der Waals surface area contributed by atoms with Crippen molar-refractivity contribution in [1.82, 2.24) is 5.32 Å². The minimum Gasteiger partial charge on any atom is -0.494 e. The normalized spacial score (nSPS) is 23.9. The Bertz CT molecular complexity index is 550. The van der Waals surface area contributed by atoms with E-state index in [-0.39, 0.29) is 38.1 Å². The molecule has 0 aliphatic heterocycles. The Morgan fingerprint density at radius 2 is 2.04 bits per heavy atom. The van der Waals surface area contributed by atoms with Crippen LogP contribution in [-0.4, -0.2) is 35.9 Å². The number of hydrogen-bond acceptors (Lipinski definition) is 3. The topological polar surface area (TPSA) is 58.6 Å². The molecular formula is C18H24F3NO3. The number of ether oxygens (including phenoxy) is 1. The van der Waals surface area contributed by atoms with E-state index in [1.807, 2.05) is 30.3 Å². The molecule has 4 nitrogen and oxygen atoms in total. The number of nitrogens with one attached hydrogen (secondary N) is 1. The zero-order chi connectivity index (χ0) is 18.3. The Balaban J connectivity index is 1.67. The minimum absolute atomic E-state index is 0.0383. The molecule has 7 heteroatoms. The van der Waals surface area contributed by atoms with Gasteiger partial charge in [0.15, 0.2) is 0 Å². The van der Waals surface area contributed by atoms with Crippen molar-refractivity contribution >= 4 is 5.91 Å². The van der Waals surface area contributed by atoms with Crippen LogP contribution < -0.4 is 10.1 Å². The summed E-state index contributed by atoms with van der Waals surface area (Å²) >= 11 is 0. The standard InChI is InChI=1S/C18H24F3NO3/c19-18(20,21)14-6-4-10-17(24,12-14)13-22-16(23)9-5-11-25-15-7-2-1-3-8-15/h1-3,7-8,14,24H,4-6,9-13H2,(H,22,23)/t14-,17+/m0/s1. The first-order chi connectivity index (χ1) is 11.8. The van der Waals surface area contributed by atoms with Gasteiger partial charge in [-0.2, -0.15) is 13.2 Å². The highest BCUT2D eigenvalue weighted by Crippen LogP contribution is 2.41. The quantitative estimate of drug-likeness (QED) is 0.733. The van der Waals surface area contributed by atoms with E-state index in [0.29, 0.717) is 19.4 Å². The number of carbonyl (C=O) groups excluding carboxylic acids is 1. The summed E-state index contributed by atoms with van der Waals surface area (Å²) in [6.07, 6.45) is -3.34. The van der Waals surface area contributed by atoms with Crippen molar-refractivity contribution < 1.29 is 27.8 Å². The molecule has 1 aromatic rings. The van der Waals surface area contributed by atoms with Crippen molar-refractivity contribution in [3.8, 4) is 5.75 Å². The molecule has 0 saturated heterocycles. The van der Waals surface area contributed by atoms with Gasteiger partial charge in [0.1, 0.15) is 5.75 Å². The Morgan fingerprint density at radius 3 is 2.72 bits per heavy atom. The van der Waals surface area contributed by atoms with Crippen molar-refractivity contribution in [2.75, 3.05) is 13.2 Å². The summed E-state index contributed by atoms with van der Waals surface area (Å²) in [5, 5.41) is 12.9. The fourth-order valence-electron chi connectivity index (χ4n) is 3.07. The van der Waals surface area contributed by atoms with Crippen LogP contribution in [0.1, 0.15) is 38.5 Å². The second-order valence-corrected chi connectivity index (χ2v) is 6.60. The average molecular weight is 359 g/mol. The molecule has 0 heterocycles. The molecule has 1 saturated carbocycles. The third-order valence-corrected chi connectivity index (χ3v) is 4.46. The third kappa shape index (κ3) is 6.57. The van der Waals surface area contributed by atoms with Crippen molar-refractivity contribution in [2.24, 2.45) is 5.92 Å². The predicted molar refractivity (Wildman–Crippen MR) is 87.1 cm³/mol. The van der Waals surface area contributed by atoms with Crippen LogP contribution >= 0.6 is 0 Å². The molecule has 0 bridgehead atoms. The first-order valence-electron chi connectivity index (χ1n) is 8.52. The maximum atomic E-state index is 12.8. The Labute approximate surface area is 145 Å². The zero-order valence-electron chi connectivity index (χ0n) is 14.0. The third-order valence-electron chi connectivity index (χ3n) is 4.46. The monoisotopic (exact) mass is 359 g/mol. The van der Waals surface area contributed by atoms with Gasteiger partial charge in [-0.05, 0) is 44.2 Å². The van der Waals surface area contributed by atoms with Crippen molar-refractivity contribution in [2.45, 2.75) is 50.3 Å². The number of halogens is 3. The molecule has 0 spiro atoms. The predicted octanol–water partition coefficient (Wildman–Crippen LogP) is 3.45. The van der Waals surface area contributed by atoms with Crippen LogP contribution in [0.3, 0.4) is 0 Å². The average Bonchev–Trinajstić information content (AvgIpc) is 2.57. The van der Waals surface area contributed by atoms with Crippen molar-refractivity contribution in [1.29, 1.82) is 0 Å². The first kappa shape index (κ1) is 19.6. The summed E-state index contributed by atoms with van der Waals surface area (Å²) in [6, 6.07) is 9.20. The molecule has 2 rings (SSSR count). The summed E-state index contributed by atoms with van der Waals surface area (Å²) in [5.41, 5.74) is -1.48. The lowest BCUT2D eigenvalue weighted by Gasteiger charge is -2.37. The van der Waals surface area contributed by atoms with Gasteiger partial charge in [-0.3, -0.25) is 4.79 Å². The van der Waals surface area contributed by atoms with E-state index in [4.69, 9.17) is 4.74 Å². The molecule has 1 aliphatic rings. The summed E-state index contributed by atoms with van der Waals surface area (Å²) in [5.74, 6) is -1.07. The van der Waals surface area contributed by atoms with Crippen LogP contribution in [0.5, 0.6) is 5.75 Å². The van der Waals surface area contributed by atoms with Crippen molar-refractivity contribution in [3.63, 3.8) is 0 Å². The summed E-state index contributed by atoms with van der Waals surface area (Å²) in [6.45, 7) is 0.232. The van der Waals surface area contributed by atoms with E-state index in [9.17, 15) is 23.1 Å². The Morgan fingerprint density at radius 1 is 1.32 bits per heavy atom. The van der Waals surface area contributed by atoms with Crippen LogP contribution in [0.15, 0.2) is 30.3 Å². The van der Waals surface area contributed by atoms with E-state index < -0.39 is 17.7 Å². The van der Waals surface area contributed by atoms with Gasteiger partial charge in [-0.1, -0.05) is 18.2 Å². The van der Waals surface area contributed by atoms with Gasteiger partial charge in [0.2, 0.25) is 5.91 Å². The fourth-order valence-corrected chi connectivity index (χ4v) is 3.07. The largest absolute Gasteiger partial charge is 0.494 e. The molecule has 0 aromatic heterocycles. The number of rotatable bonds is 7. The van der Waals surface area contributed by atoms with Crippen LogP contribution in [0, 0.1) is 5.92 Å². The van der Waals surface area contributed by atoms with E-state index in [1.165, 1.54) is 0 Å². The number of alkyl halides is 3. The molecular weight excluding hydrogens is 335 g/mol. The van der Waals surface area contributed by atoms with E-state index in [0.717, 1.165) is 5.75 Å². The molecule has 1 aliphatic carbocycles. The first-order valence-corrected chi connectivity index (χ1v) is 8.52.